The summed E-state index contributed by atoms with van der Waals surface area (Å²) >= 11 is 5.12. The topological polar surface area (TPSA) is 20.7 Å². The Labute approximate surface area is 117 Å². The number of imidazole rings is 1. The summed E-state index contributed by atoms with van der Waals surface area (Å²) in [4.78, 5) is 2.90. The highest BCUT2D eigenvalue weighted by Crippen LogP contribution is 2.24. The lowest BCUT2D eigenvalue weighted by Gasteiger charge is -2.07. The molecule has 0 bridgehead atoms. The van der Waals surface area contributed by atoms with Gasteiger partial charge >= 0.3 is 0 Å². The molecule has 0 atom stereocenters. The molecule has 0 spiro atoms. The largest absolute Gasteiger partial charge is 0.330 e. The van der Waals surface area contributed by atoms with Gasteiger partial charge in [-0.15, -0.1) is 0 Å². The van der Waals surface area contributed by atoms with Gasteiger partial charge in [0.2, 0.25) is 0 Å². The lowest BCUT2D eigenvalue weighted by molar-refractivity contribution is 0.491. The summed E-state index contributed by atoms with van der Waals surface area (Å²) in [5, 5.41) is 0. The van der Waals surface area contributed by atoms with Gasteiger partial charge in [0.15, 0.2) is 16.4 Å². The molecular formula is C14H9F3N2S. The molecule has 0 saturated carbocycles. The third kappa shape index (κ3) is 1.92. The Kier molecular flexibility index (Phi) is 2.90. The van der Waals surface area contributed by atoms with Crippen LogP contribution in [0.4, 0.5) is 13.2 Å². The summed E-state index contributed by atoms with van der Waals surface area (Å²) in [6.45, 7) is 1.90. The minimum Gasteiger partial charge on any atom is -0.330 e. The number of aryl methyl sites for hydroxylation is 1. The quantitative estimate of drug-likeness (QED) is 0.520. The van der Waals surface area contributed by atoms with Crippen molar-refractivity contribution in [1.29, 1.82) is 0 Å². The van der Waals surface area contributed by atoms with Crippen LogP contribution in [0.1, 0.15) is 5.56 Å². The number of H-pyrrole nitrogens is 1. The van der Waals surface area contributed by atoms with Gasteiger partial charge in [0.25, 0.3) is 0 Å². The highest BCUT2D eigenvalue weighted by molar-refractivity contribution is 7.71. The second-order valence-corrected chi connectivity index (χ2v) is 4.89. The van der Waals surface area contributed by atoms with E-state index in [1.54, 1.807) is 6.07 Å². The van der Waals surface area contributed by atoms with E-state index in [1.165, 1.54) is 4.57 Å². The molecule has 0 aliphatic rings. The third-order valence-electron chi connectivity index (χ3n) is 3.05. The molecule has 1 heterocycles. The molecule has 2 nitrogen and oxygen atoms in total. The Morgan fingerprint density at radius 1 is 1.10 bits per heavy atom. The van der Waals surface area contributed by atoms with Gasteiger partial charge in [-0.3, -0.25) is 4.57 Å². The molecule has 1 aromatic heterocycles. The highest BCUT2D eigenvalue weighted by Gasteiger charge is 2.16. The van der Waals surface area contributed by atoms with Gasteiger partial charge in [0.1, 0.15) is 5.82 Å². The molecule has 0 saturated heterocycles. The Hall–Kier alpha value is -2.08. The van der Waals surface area contributed by atoms with E-state index < -0.39 is 17.5 Å². The summed E-state index contributed by atoms with van der Waals surface area (Å²) in [6, 6.07) is 6.78. The van der Waals surface area contributed by atoms with Crippen LogP contribution < -0.4 is 0 Å². The smallest absolute Gasteiger partial charge is 0.183 e. The molecule has 0 unspecified atom stereocenters. The molecule has 0 aliphatic heterocycles. The zero-order valence-corrected chi connectivity index (χ0v) is 11.2. The van der Waals surface area contributed by atoms with E-state index >= 15 is 0 Å². The second-order valence-electron chi connectivity index (χ2n) is 4.51. The Bertz CT molecular complexity index is 880. The van der Waals surface area contributed by atoms with Crippen LogP contribution >= 0.6 is 12.2 Å². The van der Waals surface area contributed by atoms with Crippen molar-refractivity contribution in [3.63, 3.8) is 0 Å². The summed E-state index contributed by atoms with van der Waals surface area (Å²) in [5.41, 5.74) is 1.98. The van der Waals surface area contributed by atoms with Crippen LogP contribution in [0.15, 0.2) is 30.3 Å². The number of nitrogens with zero attached hydrogens (tertiary/aromatic N) is 1. The fourth-order valence-corrected chi connectivity index (χ4v) is 2.48. The molecule has 0 fully saturated rings. The number of halogens is 3. The number of aromatic amines is 1. The van der Waals surface area contributed by atoms with E-state index in [0.717, 1.165) is 11.6 Å². The molecule has 3 rings (SSSR count). The lowest BCUT2D eigenvalue weighted by Crippen LogP contribution is -2.01. The van der Waals surface area contributed by atoms with Gasteiger partial charge in [-0.25, -0.2) is 13.2 Å². The van der Waals surface area contributed by atoms with Crippen LogP contribution in [0.5, 0.6) is 0 Å². The number of benzene rings is 2. The van der Waals surface area contributed by atoms with Gasteiger partial charge in [-0.1, -0.05) is 6.07 Å². The third-order valence-corrected chi connectivity index (χ3v) is 3.34. The van der Waals surface area contributed by atoms with E-state index in [2.05, 4.69) is 4.98 Å². The first-order valence-electron chi connectivity index (χ1n) is 5.83. The Balaban J connectivity index is 2.41. The monoisotopic (exact) mass is 294 g/mol. The van der Waals surface area contributed by atoms with Gasteiger partial charge in [0.05, 0.1) is 16.7 Å². The SMILES string of the molecule is Cc1ccc2c(c1)[nH]c(=S)n2-c1cc(F)cc(F)c1F. The highest BCUT2D eigenvalue weighted by atomic mass is 32.1. The molecule has 0 amide bonds. The minimum absolute atomic E-state index is 0.175. The summed E-state index contributed by atoms with van der Waals surface area (Å²) in [5.74, 6) is -3.24. The molecule has 0 aliphatic carbocycles. The Morgan fingerprint density at radius 3 is 2.60 bits per heavy atom. The van der Waals surface area contributed by atoms with E-state index in [1.807, 2.05) is 19.1 Å². The van der Waals surface area contributed by atoms with Crippen molar-refractivity contribution in [2.45, 2.75) is 6.92 Å². The van der Waals surface area contributed by atoms with Crippen LogP contribution in [-0.2, 0) is 0 Å². The second kappa shape index (κ2) is 4.49. The summed E-state index contributed by atoms with van der Waals surface area (Å²) in [7, 11) is 0. The maximum absolute atomic E-state index is 13.9. The molecule has 2 aromatic carbocycles. The van der Waals surface area contributed by atoms with E-state index in [0.29, 0.717) is 17.1 Å². The van der Waals surface area contributed by atoms with Crippen LogP contribution in [0.2, 0.25) is 0 Å². The van der Waals surface area contributed by atoms with Gasteiger partial charge in [-0.05, 0) is 36.8 Å². The molecule has 20 heavy (non-hydrogen) atoms. The van der Waals surface area contributed by atoms with Crippen molar-refractivity contribution in [1.82, 2.24) is 9.55 Å². The van der Waals surface area contributed by atoms with Crippen LogP contribution in [0.3, 0.4) is 0 Å². The van der Waals surface area contributed by atoms with E-state index in [9.17, 15) is 13.2 Å². The fourth-order valence-electron chi connectivity index (χ4n) is 2.17. The van der Waals surface area contributed by atoms with E-state index in [-0.39, 0.29) is 10.5 Å². The number of aromatic nitrogens is 2. The minimum atomic E-state index is -1.25. The standard InChI is InChI=1S/C14H9F3N2S/c1-7-2-3-11-10(4-7)18-14(20)19(11)12-6-8(15)5-9(16)13(12)17/h2-6H,1H3,(H,18,20). The summed E-state index contributed by atoms with van der Waals surface area (Å²) in [6.07, 6.45) is 0. The fraction of sp³-hybridized carbons (Fsp3) is 0.0714. The van der Waals surface area contributed by atoms with Crippen LogP contribution in [0, 0.1) is 29.1 Å². The first-order chi connectivity index (χ1) is 9.47. The van der Waals surface area contributed by atoms with Crippen molar-refractivity contribution in [3.8, 4) is 5.69 Å². The first-order valence-corrected chi connectivity index (χ1v) is 6.24. The zero-order chi connectivity index (χ0) is 14.4. The molecular weight excluding hydrogens is 285 g/mol. The van der Waals surface area contributed by atoms with Gasteiger partial charge < -0.3 is 4.98 Å². The molecule has 6 heteroatoms. The zero-order valence-electron chi connectivity index (χ0n) is 10.4. The predicted octanol–water partition coefficient (Wildman–Crippen LogP) is 4.41. The maximum atomic E-state index is 13.9. The number of hydrogen-bond acceptors (Lipinski definition) is 1. The maximum Gasteiger partial charge on any atom is 0.183 e. The number of rotatable bonds is 1. The van der Waals surface area contributed by atoms with Crippen molar-refractivity contribution in [2.24, 2.45) is 0 Å². The van der Waals surface area contributed by atoms with Gasteiger partial charge in [0, 0.05) is 12.1 Å². The average Bonchev–Trinajstić information content (AvgIpc) is 2.69. The Morgan fingerprint density at radius 2 is 1.85 bits per heavy atom. The average molecular weight is 294 g/mol. The molecule has 1 N–H and O–H groups in total. The van der Waals surface area contributed by atoms with Crippen LogP contribution in [0.25, 0.3) is 16.7 Å². The summed E-state index contributed by atoms with van der Waals surface area (Å²) < 4.78 is 42.1. The molecule has 0 radical (unpaired) electrons. The number of nitrogens with one attached hydrogen (secondary N) is 1. The lowest BCUT2D eigenvalue weighted by atomic mass is 10.2. The van der Waals surface area contributed by atoms with Crippen molar-refractivity contribution >= 4 is 23.3 Å². The molecule has 102 valence electrons. The normalized spacial score (nSPS) is 11.2. The predicted molar refractivity (Wildman–Crippen MR) is 73.1 cm³/mol. The number of hydrogen-bond donors (Lipinski definition) is 1. The van der Waals surface area contributed by atoms with E-state index in [4.69, 9.17) is 12.2 Å². The van der Waals surface area contributed by atoms with Crippen molar-refractivity contribution in [3.05, 3.63) is 58.1 Å². The van der Waals surface area contributed by atoms with Gasteiger partial charge in [-0.2, -0.15) is 0 Å². The van der Waals surface area contributed by atoms with Crippen molar-refractivity contribution in [2.75, 3.05) is 0 Å². The molecule has 3 aromatic rings. The first kappa shape index (κ1) is 12.9. The van der Waals surface area contributed by atoms with Crippen LogP contribution in [-0.4, -0.2) is 9.55 Å². The number of fused-ring (bicyclic) bond motifs is 1. The van der Waals surface area contributed by atoms with Crippen molar-refractivity contribution < 1.29 is 13.2 Å².